The average molecular weight is 451 g/mol. The van der Waals surface area contributed by atoms with Gasteiger partial charge in [-0.05, 0) is 41.0 Å². The zero-order valence-electron chi connectivity index (χ0n) is 18.9. The van der Waals surface area contributed by atoms with Gasteiger partial charge in [0.25, 0.3) is 0 Å². The third kappa shape index (κ3) is 4.72. The minimum absolute atomic E-state index is 0.0655. The van der Waals surface area contributed by atoms with Crippen molar-refractivity contribution in [3.63, 3.8) is 0 Å². The Hall–Kier alpha value is -3.35. The first-order valence-corrected chi connectivity index (χ1v) is 11.5. The van der Waals surface area contributed by atoms with Crippen LogP contribution < -0.4 is 10.6 Å². The van der Waals surface area contributed by atoms with Crippen LogP contribution in [0.4, 0.5) is 4.79 Å². The number of carbonyl (C=O) groups excluding carboxylic acids is 2. The van der Waals surface area contributed by atoms with Crippen molar-refractivity contribution in [1.82, 2.24) is 10.6 Å². The van der Waals surface area contributed by atoms with Crippen LogP contribution in [0.3, 0.4) is 0 Å². The van der Waals surface area contributed by atoms with Gasteiger partial charge in [0.1, 0.15) is 12.6 Å². The molecule has 1 fully saturated rings. The van der Waals surface area contributed by atoms with E-state index in [2.05, 4.69) is 22.8 Å². The van der Waals surface area contributed by atoms with Crippen LogP contribution >= 0.6 is 0 Å². The zero-order chi connectivity index (χ0) is 23.5. The number of rotatable bonds is 7. The third-order valence-corrected chi connectivity index (χ3v) is 6.73. The number of alkyl carbamates (subject to hydrolysis) is 1. The average Bonchev–Trinajstić information content (AvgIpc) is 3.38. The summed E-state index contributed by atoms with van der Waals surface area (Å²) in [6.45, 7) is 3.82. The standard InChI is InChI=1S/C26H30N2O5/c1-15(2)23(24(29)27-22-13-7-12-20(22)25(30)31)28-26(32)33-14-21-18-10-5-3-8-16(18)17-9-4-6-11-19(17)21/h3-6,8-11,15,20-23H,7,12-14H2,1-2H3,(H,27,29)(H,28,32)(H,30,31)/t20?,22?,23-/m1/s1. The van der Waals surface area contributed by atoms with Crippen molar-refractivity contribution in [2.75, 3.05) is 6.61 Å². The first-order valence-electron chi connectivity index (χ1n) is 11.5. The van der Waals surface area contributed by atoms with Gasteiger partial charge in [-0.1, -0.05) is 68.8 Å². The number of nitrogens with one attached hydrogen (secondary N) is 2. The predicted molar refractivity (Wildman–Crippen MR) is 124 cm³/mol. The highest BCUT2D eigenvalue weighted by Crippen LogP contribution is 2.44. The van der Waals surface area contributed by atoms with Crippen molar-refractivity contribution in [1.29, 1.82) is 0 Å². The minimum atomic E-state index is -0.900. The summed E-state index contributed by atoms with van der Waals surface area (Å²) in [6.07, 6.45) is 1.27. The van der Waals surface area contributed by atoms with E-state index in [4.69, 9.17) is 4.74 Å². The first kappa shape index (κ1) is 22.8. The fraction of sp³-hybridized carbons (Fsp3) is 0.423. The lowest BCUT2D eigenvalue weighted by atomic mass is 9.98. The van der Waals surface area contributed by atoms with Gasteiger partial charge in [0, 0.05) is 12.0 Å². The van der Waals surface area contributed by atoms with Crippen LogP contribution in [0.1, 0.15) is 50.2 Å². The first-order chi connectivity index (χ1) is 15.9. The number of ether oxygens (including phenoxy) is 1. The van der Waals surface area contributed by atoms with E-state index < -0.39 is 30.1 Å². The fourth-order valence-electron chi connectivity index (χ4n) is 5.00. The maximum absolute atomic E-state index is 12.9. The normalized spacial score (nSPS) is 20.1. The number of hydrogen-bond donors (Lipinski definition) is 3. The van der Waals surface area contributed by atoms with Crippen molar-refractivity contribution in [2.24, 2.45) is 11.8 Å². The minimum Gasteiger partial charge on any atom is -0.481 e. The summed E-state index contributed by atoms with van der Waals surface area (Å²) >= 11 is 0. The summed E-state index contributed by atoms with van der Waals surface area (Å²) in [6, 6.07) is 15.0. The number of benzene rings is 2. The molecule has 2 aliphatic carbocycles. The monoisotopic (exact) mass is 450 g/mol. The van der Waals surface area contributed by atoms with Crippen molar-refractivity contribution in [2.45, 2.75) is 51.1 Å². The molecule has 0 bridgehead atoms. The molecule has 7 nitrogen and oxygen atoms in total. The van der Waals surface area contributed by atoms with E-state index in [1.807, 2.05) is 50.2 Å². The number of carbonyl (C=O) groups is 3. The number of carboxylic acids is 1. The number of aliphatic carboxylic acids is 1. The molecule has 2 aliphatic rings. The number of hydrogen-bond acceptors (Lipinski definition) is 4. The second-order valence-corrected chi connectivity index (χ2v) is 9.18. The molecule has 7 heteroatoms. The fourth-order valence-corrected chi connectivity index (χ4v) is 5.00. The van der Waals surface area contributed by atoms with Gasteiger partial charge in [-0.2, -0.15) is 0 Å². The van der Waals surface area contributed by atoms with Crippen LogP contribution in [0.25, 0.3) is 11.1 Å². The Balaban J connectivity index is 1.39. The zero-order valence-corrected chi connectivity index (χ0v) is 18.9. The Labute approximate surface area is 193 Å². The summed E-state index contributed by atoms with van der Waals surface area (Å²) in [4.78, 5) is 36.9. The Bertz CT molecular complexity index is 1000. The van der Waals surface area contributed by atoms with Gasteiger partial charge in [0.05, 0.1) is 5.92 Å². The molecule has 2 aromatic rings. The van der Waals surface area contributed by atoms with E-state index >= 15 is 0 Å². The third-order valence-electron chi connectivity index (χ3n) is 6.73. The summed E-state index contributed by atoms with van der Waals surface area (Å²) in [7, 11) is 0. The molecule has 0 spiro atoms. The molecule has 4 rings (SSSR count). The molecule has 1 saturated carbocycles. The quantitative estimate of drug-likeness (QED) is 0.593. The smallest absolute Gasteiger partial charge is 0.407 e. The van der Waals surface area contributed by atoms with E-state index in [0.29, 0.717) is 12.8 Å². The highest BCUT2D eigenvalue weighted by atomic mass is 16.5. The molecule has 2 amide bonds. The molecule has 0 heterocycles. The van der Waals surface area contributed by atoms with Crippen molar-refractivity contribution >= 4 is 18.0 Å². The van der Waals surface area contributed by atoms with Gasteiger partial charge in [-0.25, -0.2) is 4.79 Å². The lowest BCUT2D eigenvalue weighted by Gasteiger charge is -2.25. The Kier molecular flexibility index (Phi) is 6.67. The molecule has 0 aromatic heterocycles. The molecule has 0 saturated heterocycles. The SMILES string of the molecule is CC(C)[C@@H](NC(=O)OCC1c2ccccc2-c2ccccc21)C(=O)NC1CCCC1C(=O)O. The van der Waals surface area contributed by atoms with E-state index in [0.717, 1.165) is 28.7 Å². The molecule has 0 aliphatic heterocycles. The molecular formula is C26H30N2O5. The summed E-state index contributed by atoms with van der Waals surface area (Å²) in [5.74, 6) is -2.12. The van der Waals surface area contributed by atoms with Crippen molar-refractivity contribution < 1.29 is 24.2 Å². The Morgan fingerprint density at radius 1 is 1.00 bits per heavy atom. The van der Waals surface area contributed by atoms with E-state index in [1.54, 1.807) is 0 Å². The highest BCUT2D eigenvalue weighted by Gasteiger charge is 2.36. The molecule has 2 aromatic carbocycles. The maximum Gasteiger partial charge on any atom is 0.407 e. The lowest BCUT2D eigenvalue weighted by Crippen LogP contribution is -2.53. The van der Waals surface area contributed by atoms with Gasteiger partial charge in [-0.3, -0.25) is 9.59 Å². The molecule has 174 valence electrons. The van der Waals surface area contributed by atoms with Crippen LogP contribution in [-0.2, 0) is 14.3 Å². The largest absolute Gasteiger partial charge is 0.481 e. The number of carboxylic acid groups (broad SMARTS) is 1. The van der Waals surface area contributed by atoms with E-state index in [1.165, 1.54) is 0 Å². The summed E-state index contributed by atoms with van der Waals surface area (Å²) < 4.78 is 5.58. The summed E-state index contributed by atoms with van der Waals surface area (Å²) in [5.41, 5.74) is 4.52. The molecule has 0 radical (unpaired) electrons. The van der Waals surface area contributed by atoms with Crippen LogP contribution in [0, 0.1) is 11.8 Å². The second-order valence-electron chi connectivity index (χ2n) is 9.18. The van der Waals surface area contributed by atoms with Gasteiger partial charge >= 0.3 is 12.1 Å². The number of fused-ring (bicyclic) bond motifs is 3. The Morgan fingerprint density at radius 2 is 1.61 bits per heavy atom. The van der Waals surface area contributed by atoms with Gasteiger partial charge in [-0.15, -0.1) is 0 Å². The van der Waals surface area contributed by atoms with E-state index in [-0.39, 0.29) is 24.3 Å². The molecule has 3 atom stereocenters. The summed E-state index contributed by atoms with van der Waals surface area (Å²) in [5, 5.41) is 14.9. The molecule has 33 heavy (non-hydrogen) atoms. The molecule has 3 N–H and O–H groups in total. The maximum atomic E-state index is 12.9. The van der Waals surface area contributed by atoms with Crippen LogP contribution in [-0.4, -0.2) is 41.8 Å². The predicted octanol–water partition coefficient (Wildman–Crippen LogP) is 3.92. The molecular weight excluding hydrogens is 420 g/mol. The van der Waals surface area contributed by atoms with Crippen LogP contribution in [0.15, 0.2) is 48.5 Å². The molecule has 2 unspecified atom stereocenters. The lowest BCUT2D eigenvalue weighted by molar-refractivity contribution is -0.142. The van der Waals surface area contributed by atoms with Gasteiger partial charge in [0.15, 0.2) is 0 Å². The number of amides is 2. The second kappa shape index (κ2) is 9.65. The van der Waals surface area contributed by atoms with Gasteiger partial charge in [0.2, 0.25) is 5.91 Å². The Morgan fingerprint density at radius 3 is 2.18 bits per heavy atom. The van der Waals surface area contributed by atoms with Gasteiger partial charge < -0.3 is 20.5 Å². The highest BCUT2D eigenvalue weighted by molar-refractivity contribution is 5.87. The van der Waals surface area contributed by atoms with Crippen molar-refractivity contribution in [3.05, 3.63) is 59.7 Å². The van der Waals surface area contributed by atoms with Crippen LogP contribution in [0.2, 0.25) is 0 Å². The van der Waals surface area contributed by atoms with Crippen LogP contribution in [0.5, 0.6) is 0 Å². The van der Waals surface area contributed by atoms with E-state index in [9.17, 15) is 19.5 Å². The van der Waals surface area contributed by atoms with Crippen molar-refractivity contribution in [3.8, 4) is 11.1 Å². The topological polar surface area (TPSA) is 105 Å².